The number of amides is 1. The number of hydrogen-bond donors (Lipinski definition) is 2. The summed E-state index contributed by atoms with van der Waals surface area (Å²) in [6.07, 6.45) is -0.427. The highest BCUT2D eigenvalue weighted by molar-refractivity contribution is 5.66. The Morgan fingerprint density at radius 3 is 2.35 bits per heavy atom. The zero-order chi connectivity index (χ0) is 13.1. The standard InChI is InChI=1S/C13H19NO3/c1-13(2,3)14(12(16)17)9-8-10-6-4-5-7-11(10)15/h4-7,15H,8-9H2,1-3H3,(H,16,17). The number of aromatic hydroxyl groups is 1. The van der Waals surface area contributed by atoms with E-state index in [1.807, 2.05) is 26.8 Å². The molecule has 1 rings (SSSR count). The molecule has 1 aromatic rings. The minimum absolute atomic E-state index is 0.215. The van der Waals surface area contributed by atoms with Crippen LogP contribution in [0.25, 0.3) is 0 Å². The lowest BCUT2D eigenvalue weighted by atomic mass is 10.0. The van der Waals surface area contributed by atoms with Crippen LogP contribution < -0.4 is 0 Å². The molecule has 0 saturated heterocycles. The maximum Gasteiger partial charge on any atom is 0.407 e. The fraction of sp³-hybridized carbons (Fsp3) is 0.462. The van der Waals surface area contributed by atoms with E-state index in [4.69, 9.17) is 5.11 Å². The Labute approximate surface area is 101 Å². The zero-order valence-electron chi connectivity index (χ0n) is 10.5. The van der Waals surface area contributed by atoms with Gasteiger partial charge in [0.15, 0.2) is 0 Å². The van der Waals surface area contributed by atoms with Gasteiger partial charge < -0.3 is 15.1 Å². The Hall–Kier alpha value is -1.71. The number of carbonyl (C=O) groups is 1. The van der Waals surface area contributed by atoms with Crippen molar-refractivity contribution in [2.75, 3.05) is 6.54 Å². The summed E-state index contributed by atoms with van der Waals surface area (Å²) in [4.78, 5) is 12.5. The van der Waals surface area contributed by atoms with Crippen LogP contribution in [0.2, 0.25) is 0 Å². The third-order valence-electron chi connectivity index (χ3n) is 2.64. The minimum Gasteiger partial charge on any atom is -0.508 e. The van der Waals surface area contributed by atoms with Crippen molar-refractivity contribution in [2.45, 2.75) is 32.7 Å². The molecule has 17 heavy (non-hydrogen) atoms. The first-order chi connectivity index (χ1) is 7.82. The van der Waals surface area contributed by atoms with Crippen LogP contribution >= 0.6 is 0 Å². The number of para-hydroxylation sites is 1. The molecular formula is C13H19NO3. The second kappa shape index (κ2) is 5.08. The highest BCUT2D eigenvalue weighted by atomic mass is 16.4. The van der Waals surface area contributed by atoms with Gasteiger partial charge in [0.25, 0.3) is 0 Å². The van der Waals surface area contributed by atoms with E-state index >= 15 is 0 Å². The van der Waals surface area contributed by atoms with Crippen LogP contribution in [-0.4, -0.2) is 33.3 Å². The molecule has 0 aliphatic rings. The zero-order valence-corrected chi connectivity index (χ0v) is 10.5. The Balaban J connectivity index is 2.72. The molecule has 0 aliphatic carbocycles. The normalized spacial score (nSPS) is 11.2. The molecule has 94 valence electrons. The number of rotatable bonds is 3. The maximum absolute atomic E-state index is 11.1. The molecule has 0 heterocycles. The van der Waals surface area contributed by atoms with E-state index in [1.165, 1.54) is 4.90 Å². The number of carboxylic acid groups (broad SMARTS) is 1. The molecule has 2 N–H and O–H groups in total. The van der Waals surface area contributed by atoms with Gasteiger partial charge in [-0.3, -0.25) is 0 Å². The Morgan fingerprint density at radius 1 is 1.29 bits per heavy atom. The highest BCUT2D eigenvalue weighted by Gasteiger charge is 2.25. The minimum atomic E-state index is -0.937. The summed E-state index contributed by atoms with van der Waals surface area (Å²) in [6.45, 7) is 5.93. The average molecular weight is 237 g/mol. The van der Waals surface area contributed by atoms with Crippen molar-refractivity contribution >= 4 is 6.09 Å². The number of phenols is 1. The van der Waals surface area contributed by atoms with E-state index in [1.54, 1.807) is 18.2 Å². The smallest absolute Gasteiger partial charge is 0.407 e. The predicted molar refractivity (Wildman–Crippen MR) is 66.3 cm³/mol. The van der Waals surface area contributed by atoms with Crippen LogP contribution in [-0.2, 0) is 6.42 Å². The van der Waals surface area contributed by atoms with Crippen LogP contribution in [0.15, 0.2) is 24.3 Å². The van der Waals surface area contributed by atoms with Crippen molar-refractivity contribution in [3.63, 3.8) is 0 Å². The second-order valence-electron chi connectivity index (χ2n) is 4.98. The van der Waals surface area contributed by atoms with E-state index < -0.39 is 11.6 Å². The topological polar surface area (TPSA) is 60.8 Å². The Bertz CT molecular complexity index is 396. The van der Waals surface area contributed by atoms with Gasteiger partial charge >= 0.3 is 6.09 Å². The molecule has 1 amide bonds. The molecule has 0 saturated carbocycles. The molecule has 4 heteroatoms. The van der Waals surface area contributed by atoms with Crippen LogP contribution in [0.5, 0.6) is 5.75 Å². The second-order valence-corrected chi connectivity index (χ2v) is 4.98. The SMILES string of the molecule is CC(C)(C)N(CCc1ccccc1O)C(=O)O. The third kappa shape index (κ3) is 3.66. The Kier molecular flexibility index (Phi) is 3.99. The summed E-state index contributed by atoms with van der Waals surface area (Å²) >= 11 is 0. The molecule has 0 unspecified atom stereocenters. The van der Waals surface area contributed by atoms with Gasteiger partial charge in [0.2, 0.25) is 0 Å². The summed E-state index contributed by atoms with van der Waals surface area (Å²) in [5.41, 5.74) is 0.332. The van der Waals surface area contributed by atoms with Crippen LogP contribution in [0.4, 0.5) is 4.79 Å². The average Bonchev–Trinajstić information content (AvgIpc) is 2.18. The monoisotopic (exact) mass is 237 g/mol. The molecule has 0 radical (unpaired) electrons. The molecule has 0 atom stereocenters. The third-order valence-corrected chi connectivity index (χ3v) is 2.64. The van der Waals surface area contributed by atoms with Gasteiger partial charge in [0, 0.05) is 12.1 Å². The molecule has 0 fully saturated rings. The summed E-state index contributed by atoms with van der Waals surface area (Å²) < 4.78 is 0. The lowest BCUT2D eigenvalue weighted by Gasteiger charge is -2.33. The number of hydrogen-bond acceptors (Lipinski definition) is 2. The van der Waals surface area contributed by atoms with Gasteiger partial charge in [-0.25, -0.2) is 4.79 Å². The van der Waals surface area contributed by atoms with Crippen molar-refractivity contribution in [1.82, 2.24) is 4.90 Å². The van der Waals surface area contributed by atoms with Gasteiger partial charge in [-0.1, -0.05) is 18.2 Å². The van der Waals surface area contributed by atoms with Crippen molar-refractivity contribution in [3.05, 3.63) is 29.8 Å². The largest absolute Gasteiger partial charge is 0.508 e. The van der Waals surface area contributed by atoms with Crippen LogP contribution in [0, 0.1) is 0 Å². The van der Waals surface area contributed by atoms with E-state index in [-0.39, 0.29) is 5.75 Å². The summed E-state index contributed by atoms with van der Waals surface area (Å²) in [5, 5.41) is 18.7. The molecular weight excluding hydrogens is 218 g/mol. The predicted octanol–water partition coefficient (Wildman–Crippen LogP) is 2.71. The van der Waals surface area contributed by atoms with E-state index in [0.29, 0.717) is 13.0 Å². The quantitative estimate of drug-likeness (QED) is 0.849. The number of nitrogens with zero attached hydrogens (tertiary/aromatic N) is 1. The molecule has 1 aromatic carbocycles. The highest BCUT2D eigenvalue weighted by Crippen LogP contribution is 2.19. The lowest BCUT2D eigenvalue weighted by Crippen LogP contribution is -2.45. The van der Waals surface area contributed by atoms with Gasteiger partial charge in [-0.15, -0.1) is 0 Å². The van der Waals surface area contributed by atoms with Crippen LogP contribution in [0.1, 0.15) is 26.3 Å². The number of phenolic OH excluding ortho intramolecular Hbond substituents is 1. The fourth-order valence-corrected chi connectivity index (χ4v) is 1.67. The van der Waals surface area contributed by atoms with Crippen molar-refractivity contribution in [1.29, 1.82) is 0 Å². The molecule has 0 aromatic heterocycles. The summed E-state index contributed by atoms with van der Waals surface area (Å²) in [5.74, 6) is 0.215. The molecule has 0 spiro atoms. The van der Waals surface area contributed by atoms with Crippen LogP contribution in [0.3, 0.4) is 0 Å². The number of benzene rings is 1. The molecule has 4 nitrogen and oxygen atoms in total. The first kappa shape index (κ1) is 13.4. The fourth-order valence-electron chi connectivity index (χ4n) is 1.67. The van der Waals surface area contributed by atoms with E-state index in [2.05, 4.69) is 0 Å². The van der Waals surface area contributed by atoms with Crippen molar-refractivity contribution < 1.29 is 15.0 Å². The van der Waals surface area contributed by atoms with E-state index in [9.17, 15) is 9.90 Å². The van der Waals surface area contributed by atoms with Crippen molar-refractivity contribution in [3.8, 4) is 5.75 Å². The van der Waals surface area contributed by atoms with E-state index in [0.717, 1.165) is 5.56 Å². The van der Waals surface area contributed by atoms with Gasteiger partial charge in [-0.05, 0) is 38.8 Å². The summed E-state index contributed by atoms with van der Waals surface area (Å²) in [6, 6.07) is 6.99. The van der Waals surface area contributed by atoms with Crippen molar-refractivity contribution in [2.24, 2.45) is 0 Å². The lowest BCUT2D eigenvalue weighted by molar-refractivity contribution is 0.101. The maximum atomic E-state index is 11.1. The van der Waals surface area contributed by atoms with Gasteiger partial charge in [0.05, 0.1) is 0 Å². The first-order valence-electron chi connectivity index (χ1n) is 5.60. The molecule has 0 aliphatic heterocycles. The Morgan fingerprint density at radius 2 is 1.88 bits per heavy atom. The van der Waals surface area contributed by atoms with Gasteiger partial charge in [0.1, 0.15) is 5.75 Å². The van der Waals surface area contributed by atoms with Gasteiger partial charge in [-0.2, -0.15) is 0 Å². The summed E-state index contributed by atoms with van der Waals surface area (Å²) in [7, 11) is 0. The first-order valence-corrected chi connectivity index (χ1v) is 5.60. The molecule has 0 bridgehead atoms.